The van der Waals surface area contributed by atoms with Gasteiger partial charge in [-0.1, -0.05) is 0 Å². The molecule has 1 aliphatic carbocycles. The van der Waals surface area contributed by atoms with Crippen LogP contribution >= 0.6 is 0 Å². The van der Waals surface area contributed by atoms with E-state index in [0.717, 1.165) is 12.8 Å². The molecule has 2 amide bonds. The lowest BCUT2D eigenvalue weighted by Crippen LogP contribution is -2.44. The first-order valence-corrected chi connectivity index (χ1v) is 5.78. The molecule has 0 bridgehead atoms. The molecule has 6 nitrogen and oxygen atoms in total. The Bertz CT molecular complexity index is 313. The fraction of sp³-hybridized carbons (Fsp3) is 0.727. The summed E-state index contributed by atoms with van der Waals surface area (Å²) in [4.78, 5) is 33.8. The summed E-state index contributed by atoms with van der Waals surface area (Å²) in [5.74, 6) is -0.886. The molecule has 0 spiro atoms. The Balaban J connectivity index is 2.19. The number of carbonyl (C=O) groups is 3. The third-order valence-corrected chi connectivity index (χ3v) is 2.39. The van der Waals surface area contributed by atoms with Crippen LogP contribution in [0.25, 0.3) is 0 Å². The summed E-state index contributed by atoms with van der Waals surface area (Å²) in [6.45, 7) is 3.41. The van der Waals surface area contributed by atoms with Gasteiger partial charge in [0, 0.05) is 5.92 Å². The first kappa shape index (κ1) is 13.5. The third kappa shape index (κ3) is 4.84. The van der Waals surface area contributed by atoms with Gasteiger partial charge >= 0.3 is 5.97 Å². The van der Waals surface area contributed by atoms with Gasteiger partial charge in [0.1, 0.15) is 6.04 Å². The van der Waals surface area contributed by atoms with Gasteiger partial charge in [0.15, 0.2) is 0 Å². The number of carbonyl (C=O) groups excluding carboxylic acids is 3. The van der Waals surface area contributed by atoms with Crippen LogP contribution in [-0.2, 0) is 19.1 Å². The van der Waals surface area contributed by atoms with Crippen molar-refractivity contribution in [2.24, 2.45) is 5.92 Å². The Morgan fingerprint density at radius 2 is 2.00 bits per heavy atom. The average molecular weight is 242 g/mol. The number of rotatable bonds is 6. The summed E-state index contributed by atoms with van der Waals surface area (Å²) in [5, 5.41) is 4.97. The Morgan fingerprint density at radius 1 is 1.35 bits per heavy atom. The van der Waals surface area contributed by atoms with Crippen LogP contribution in [0, 0.1) is 5.92 Å². The van der Waals surface area contributed by atoms with Crippen molar-refractivity contribution in [2.75, 3.05) is 13.2 Å². The van der Waals surface area contributed by atoms with Crippen LogP contribution in [0.1, 0.15) is 26.7 Å². The number of nitrogens with one attached hydrogen (secondary N) is 2. The maximum atomic E-state index is 11.4. The first-order valence-electron chi connectivity index (χ1n) is 5.78. The summed E-state index contributed by atoms with van der Waals surface area (Å²) in [6.07, 6.45) is 1.79. The molecule has 1 saturated carbocycles. The molecule has 0 aliphatic heterocycles. The summed E-state index contributed by atoms with van der Waals surface area (Å²) in [7, 11) is 0. The monoisotopic (exact) mass is 242 g/mol. The second-order valence-corrected chi connectivity index (χ2v) is 4.03. The van der Waals surface area contributed by atoms with Gasteiger partial charge in [-0.15, -0.1) is 0 Å². The van der Waals surface area contributed by atoms with Crippen molar-refractivity contribution in [2.45, 2.75) is 32.7 Å². The molecule has 1 aliphatic rings. The predicted molar refractivity (Wildman–Crippen MR) is 60.0 cm³/mol. The second-order valence-electron chi connectivity index (χ2n) is 4.03. The number of ether oxygens (including phenoxy) is 1. The van der Waals surface area contributed by atoms with Gasteiger partial charge < -0.3 is 15.4 Å². The molecule has 0 unspecified atom stereocenters. The van der Waals surface area contributed by atoms with Crippen molar-refractivity contribution < 1.29 is 19.1 Å². The molecule has 96 valence electrons. The van der Waals surface area contributed by atoms with E-state index in [2.05, 4.69) is 10.6 Å². The Kier molecular flexibility index (Phi) is 4.93. The zero-order valence-electron chi connectivity index (χ0n) is 10.1. The summed E-state index contributed by atoms with van der Waals surface area (Å²) < 4.78 is 4.74. The molecule has 6 heteroatoms. The van der Waals surface area contributed by atoms with Crippen molar-refractivity contribution >= 4 is 17.8 Å². The van der Waals surface area contributed by atoms with Gasteiger partial charge in [0.2, 0.25) is 11.8 Å². The Morgan fingerprint density at radius 3 is 2.53 bits per heavy atom. The van der Waals surface area contributed by atoms with Crippen LogP contribution in [0.4, 0.5) is 0 Å². The molecule has 1 atom stereocenters. The maximum Gasteiger partial charge on any atom is 0.328 e. The number of esters is 1. The van der Waals surface area contributed by atoms with E-state index in [9.17, 15) is 14.4 Å². The van der Waals surface area contributed by atoms with E-state index in [0.29, 0.717) is 0 Å². The molecule has 0 aromatic heterocycles. The van der Waals surface area contributed by atoms with Crippen molar-refractivity contribution in [3.63, 3.8) is 0 Å². The fourth-order valence-corrected chi connectivity index (χ4v) is 1.28. The van der Waals surface area contributed by atoms with E-state index in [4.69, 9.17) is 4.74 Å². The average Bonchev–Trinajstić information content (AvgIpc) is 3.09. The highest BCUT2D eigenvalue weighted by Gasteiger charge is 2.29. The van der Waals surface area contributed by atoms with E-state index in [1.165, 1.54) is 0 Å². The molecule has 0 radical (unpaired) electrons. The zero-order valence-corrected chi connectivity index (χ0v) is 10.1. The number of hydrogen-bond acceptors (Lipinski definition) is 4. The highest BCUT2D eigenvalue weighted by atomic mass is 16.5. The van der Waals surface area contributed by atoms with Crippen molar-refractivity contribution in [3.05, 3.63) is 0 Å². The Hall–Kier alpha value is -1.59. The minimum absolute atomic E-state index is 0.0743. The summed E-state index contributed by atoms with van der Waals surface area (Å²) in [6, 6.07) is -0.694. The lowest BCUT2D eigenvalue weighted by Gasteiger charge is -2.12. The largest absolute Gasteiger partial charge is 0.464 e. The maximum absolute atomic E-state index is 11.4. The van der Waals surface area contributed by atoms with Gasteiger partial charge in [-0.05, 0) is 26.7 Å². The molecular weight excluding hydrogens is 224 g/mol. The lowest BCUT2D eigenvalue weighted by atomic mass is 10.3. The van der Waals surface area contributed by atoms with Crippen LogP contribution in [-0.4, -0.2) is 37.0 Å². The summed E-state index contributed by atoms with van der Waals surface area (Å²) >= 11 is 0. The van der Waals surface area contributed by atoms with Gasteiger partial charge in [-0.2, -0.15) is 0 Å². The van der Waals surface area contributed by atoms with Crippen molar-refractivity contribution in [3.8, 4) is 0 Å². The topological polar surface area (TPSA) is 84.5 Å². The van der Waals surface area contributed by atoms with Crippen molar-refractivity contribution in [1.29, 1.82) is 0 Å². The van der Waals surface area contributed by atoms with Crippen LogP contribution in [0.3, 0.4) is 0 Å². The van der Waals surface area contributed by atoms with Crippen LogP contribution in [0.15, 0.2) is 0 Å². The van der Waals surface area contributed by atoms with Gasteiger partial charge in [0.25, 0.3) is 0 Å². The quantitative estimate of drug-likeness (QED) is 0.620. The van der Waals surface area contributed by atoms with E-state index < -0.39 is 12.0 Å². The molecule has 0 aromatic rings. The molecule has 1 fully saturated rings. The first-order chi connectivity index (χ1) is 8.04. The Labute approximate surface area is 100 Å². The predicted octanol–water partition coefficient (Wildman–Crippen LogP) is -0.420. The van der Waals surface area contributed by atoms with Crippen LogP contribution < -0.4 is 10.6 Å². The van der Waals surface area contributed by atoms with E-state index >= 15 is 0 Å². The van der Waals surface area contributed by atoms with E-state index in [1.807, 2.05) is 0 Å². The fourth-order valence-electron chi connectivity index (χ4n) is 1.28. The minimum Gasteiger partial charge on any atom is -0.464 e. The van der Waals surface area contributed by atoms with Gasteiger partial charge in [0.05, 0.1) is 13.2 Å². The van der Waals surface area contributed by atoms with Crippen molar-refractivity contribution in [1.82, 2.24) is 10.6 Å². The third-order valence-electron chi connectivity index (χ3n) is 2.39. The standard InChI is InChI=1S/C11H18N2O4/c1-3-17-11(16)7(2)13-9(14)6-12-10(15)8-4-5-8/h7-8H,3-6H2,1-2H3,(H,12,15)(H,13,14)/t7-/m1/s1. The SMILES string of the molecule is CCOC(=O)[C@@H](C)NC(=O)CNC(=O)C1CC1. The highest BCUT2D eigenvalue weighted by Crippen LogP contribution is 2.28. The molecule has 0 saturated heterocycles. The van der Waals surface area contributed by atoms with Crippen LogP contribution in [0.5, 0.6) is 0 Å². The van der Waals surface area contributed by atoms with E-state index in [1.54, 1.807) is 13.8 Å². The summed E-state index contributed by atoms with van der Waals surface area (Å²) in [5.41, 5.74) is 0. The minimum atomic E-state index is -0.694. The number of hydrogen-bond donors (Lipinski definition) is 2. The second kappa shape index (κ2) is 6.22. The van der Waals surface area contributed by atoms with Gasteiger partial charge in [-0.3, -0.25) is 9.59 Å². The molecule has 0 aromatic carbocycles. The molecule has 17 heavy (non-hydrogen) atoms. The normalized spacial score (nSPS) is 15.9. The van der Waals surface area contributed by atoms with Crippen LogP contribution in [0.2, 0.25) is 0 Å². The molecule has 1 rings (SSSR count). The number of amides is 2. The smallest absolute Gasteiger partial charge is 0.328 e. The highest BCUT2D eigenvalue weighted by molar-refractivity contribution is 5.89. The van der Waals surface area contributed by atoms with Gasteiger partial charge in [-0.25, -0.2) is 4.79 Å². The molecule has 0 heterocycles. The zero-order chi connectivity index (χ0) is 12.8. The lowest BCUT2D eigenvalue weighted by molar-refractivity contribution is -0.146. The van der Waals surface area contributed by atoms with E-state index in [-0.39, 0.29) is 30.9 Å². The molecule has 2 N–H and O–H groups in total. The molecular formula is C11H18N2O4.